The zero-order valence-electron chi connectivity index (χ0n) is 9.36. The second-order valence-corrected chi connectivity index (χ2v) is 3.58. The number of halogens is 3. The highest BCUT2D eigenvalue weighted by Gasteiger charge is 2.25. The van der Waals surface area contributed by atoms with Crippen molar-refractivity contribution < 1.29 is 32.9 Å². The van der Waals surface area contributed by atoms with E-state index in [0.717, 1.165) is 7.11 Å². The largest absolute Gasteiger partial charge is 0.469 e. The van der Waals surface area contributed by atoms with E-state index in [1.165, 1.54) is 0 Å². The number of benzene rings is 1. The van der Waals surface area contributed by atoms with E-state index in [-0.39, 0.29) is 6.07 Å². The van der Waals surface area contributed by atoms with Gasteiger partial charge in [-0.25, -0.2) is 13.2 Å². The fourth-order valence-corrected chi connectivity index (χ4v) is 1.34. The predicted octanol–water partition coefficient (Wildman–Crippen LogP) is 1.06. The van der Waals surface area contributed by atoms with Crippen LogP contribution in [0.25, 0.3) is 0 Å². The Morgan fingerprint density at radius 1 is 1.22 bits per heavy atom. The molecule has 4 nitrogen and oxygen atoms in total. The van der Waals surface area contributed by atoms with Gasteiger partial charge in [-0.1, -0.05) is 0 Å². The minimum absolute atomic E-state index is 0.249. The predicted molar refractivity (Wildman–Crippen MR) is 53.9 cm³/mol. The zero-order valence-corrected chi connectivity index (χ0v) is 9.36. The van der Waals surface area contributed by atoms with Gasteiger partial charge in [-0.2, -0.15) is 0 Å². The molecule has 1 aromatic rings. The number of aliphatic hydroxyl groups excluding tert-OH is 2. The fraction of sp³-hybridized carbons (Fsp3) is 0.364. The Kier molecular flexibility index (Phi) is 4.69. The van der Waals surface area contributed by atoms with E-state index >= 15 is 0 Å². The molecule has 0 saturated heterocycles. The number of carbonyl (C=O) groups excluding carboxylic acids is 1. The Hall–Kier alpha value is -1.60. The topological polar surface area (TPSA) is 66.8 Å². The van der Waals surface area contributed by atoms with Gasteiger partial charge in [0.05, 0.1) is 19.6 Å². The fourth-order valence-electron chi connectivity index (χ4n) is 1.34. The van der Waals surface area contributed by atoms with E-state index in [1.807, 2.05) is 0 Å². The number of rotatable bonds is 4. The summed E-state index contributed by atoms with van der Waals surface area (Å²) in [5, 5.41) is 19.0. The van der Waals surface area contributed by atoms with E-state index in [9.17, 15) is 28.2 Å². The summed E-state index contributed by atoms with van der Waals surface area (Å²) in [4.78, 5) is 10.8. The van der Waals surface area contributed by atoms with Gasteiger partial charge in [0.25, 0.3) is 0 Å². The summed E-state index contributed by atoms with van der Waals surface area (Å²) >= 11 is 0. The zero-order chi connectivity index (χ0) is 13.9. The first-order valence-corrected chi connectivity index (χ1v) is 4.94. The maximum Gasteiger partial charge on any atom is 0.308 e. The molecule has 18 heavy (non-hydrogen) atoms. The van der Waals surface area contributed by atoms with Crippen molar-refractivity contribution in [3.8, 4) is 0 Å². The van der Waals surface area contributed by atoms with Gasteiger partial charge >= 0.3 is 5.97 Å². The van der Waals surface area contributed by atoms with Crippen LogP contribution in [0.5, 0.6) is 0 Å². The van der Waals surface area contributed by atoms with Crippen LogP contribution in [0, 0.1) is 17.5 Å². The first kappa shape index (κ1) is 14.5. The van der Waals surface area contributed by atoms with Crippen LogP contribution in [0.1, 0.15) is 18.1 Å². The summed E-state index contributed by atoms with van der Waals surface area (Å²) in [6.45, 7) is 0. The highest BCUT2D eigenvalue weighted by molar-refractivity contribution is 5.69. The number of aliphatic hydroxyl groups is 2. The second-order valence-electron chi connectivity index (χ2n) is 3.58. The molecule has 0 bridgehead atoms. The van der Waals surface area contributed by atoms with Crippen LogP contribution in [0.4, 0.5) is 13.2 Å². The number of hydrogen-bond acceptors (Lipinski definition) is 4. The van der Waals surface area contributed by atoms with Crippen molar-refractivity contribution in [2.24, 2.45) is 0 Å². The Morgan fingerprint density at radius 3 is 2.33 bits per heavy atom. The van der Waals surface area contributed by atoms with Crippen LogP contribution >= 0.6 is 0 Å². The minimum atomic E-state index is -1.86. The van der Waals surface area contributed by atoms with E-state index < -0.39 is 47.6 Å². The maximum atomic E-state index is 13.3. The van der Waals surface area contributed by atoms with Crippen LogP contribution < -0.4 is 0 Å². The lowest BCUT2D eigenvalue weighted by Gasteiger charge is -2.17. The van der Waals surface area contributed by atoms with Crippen molar-refractivity contribution in [3.05, 3.63) is 35.1 Å². The van der Waals surface area contributed by atoms with Crippen molar-refractivity contribution in [2.45, 2.75) is 18.6 Å². The van der Waals surface area contributed by atoms with Gasteiger partial charge in [-0.05, 0) is 6.07 Å². The Labute approximate surface area is 101 Å². The summed E-state index contributed by atoms with van der Waals surface area (Å²) in [5.74, 6) is -4.82. The number of carbonyl (C=O) groups is 1. The van der Waals surface area contributed by atoms with Crippen molar-refractivity contribution in [1.82, 2.24) is 0 Å². The lowest BCUT2D eigenvalue weighted by molar-refractivity contribution is -0.144. The van der Waals surface area contributed by atoms with Gasteiger partial charge in [0, 0.05) is 11.6 Å². The van der Waals surface area contributed by atoms with Crippen molar-refractivity contribution >= 4 is 5.97 Å². The van der Waals surface area contributed by atoms with E-state index in [0.29, 0.717) is 6.07 Å². The molecule has 7 heteroatoms. The quantitative estimate of drug-likeness (QED) is 0.630. The summed E-state index contributed by atoms with van der Waals surface area (Å²) in [6.07, 6.45) is -4.15. The van der Waals surface area contributed by atoms with Crippen LogP contribution in [0.3, 0.4) is 0 Å². The molecule has 0 amide bonds. The lowest BCUT2D eigenvalue weighted by atomic mass is 10.0. The minimum Gasteiger partial charge on any atom is -0.469 e. The Balaban J connectivity index is 2.93. The molecule has 0 heterocycles. The Morgan fingerprint density at radius 2 is 1.78 bits per heavy atom. The molecule has 2 atom stereocenters. The molecule has 0 aromatic heterocycles. The van der Waals surface area contributed by atoms with Gasteiger partial charge in [0.15, 0.2) is 11.6 Å². The molecule has 0 aliphatic heterocycles. The molecular formula is C11H11F3O4. The number of hydrogen-bond donors (Lipinski definition) is 2. The molecule has 1 aromatic carbocycles. The summed E-state index contributed by atoms with van der Waals surface area (Å²) in [6, 6.07) is 0.675. The van der Waals surface area contributed by atoms with Gasteiger partial charge in [-0.15, -0.1) is 0 Å². The maximum absolute atomic E-state index is 13.3. The number of methoxy groups -OCH3 is 1. The van der Waals surface area contributed by atoms with Gasteiger partial charge in [0.1, 0.15) is 11.9 Å². The molecule has 0 saturated carbocycles. The molecule has 0 aliphatic carbocycles. The van der Waals surface area contributed by atoms with E-state index in [2.05, 4.69) is 4.74 Å². The Bertz CT molecular complexity index is 450. The van der Waals surface area contributed by atoms with E-state index in [4.69, 9.17) is 0 Å². The molecule has 0 spiro atoms. The summed E-state index contributed by atoms with van der Waals surface area (Å²) in [7, 11) is 1.07. The monoisotopic (exact) mass is 264 g/mol. The van der Waals surface area contributed by atoms with Crippen molar-refractivity contribution in [1.29, 1.82) is 0 Å². The highest BCUT2D eigenvalue weighted by atomic mass is 19.2. The van der Waals surface area contributed by atoms with E-state index in [1.54, 1.807) is 0 Å². The molecule has 2 unspecified atom stereocenters. The molecule has 0 fully saturated rings. The van der Waals surface area contributed by atoms with Gasteiger partial charge < -0.3 is 14.9 Å². The smallest absolute Gasteiger partial charge is 0.308 e. The van der Waals surface area contributed by atoms with Crippen LogP contribution in [0.15, 0.2) is 12.1 Å². The third kappa shape index (κ3) is 3.21. The SMILES string of the molecule is COC(=O)CC(O)C(O)c1cc(F)c(F)cc1F. The molecule has 100 valence electrons. The van der Waals surface area contributed by atoms with Crippen LogP contribution in [-0.4, -0.2) is 29.4 Å². The summed E-state index contributed by atoms with van der Waals surface area (Å²) in [5.41, 5.74) is -0.634. The van der Waals surface area contributed by atoms with Crippen LogP contribution in [0.2, 0.25) is 0 Å². The number of ether oxygens (including phenoxy) is 1. The molecule has 0 aliphatic rings. The summed E-state index contributed by atoms with van der Waals surface area (Å²) < 4.78 is 43.0. The third-order valence-electron chi connectivity index (χ3n) is 2.33. The second kappa shape index (κ2) is 5.83. The molecular weight excluding hydrogens is 253 g/mol. The molecule has 2 N–H and O–H groups in total. The average molecular weight is 264 g/mol. The van der Waals surface area contributed by atoms with Gasteiger partial charge in [0.2, 0.25) is 0 Å². The molecule has 0 radical (unpaired) electrons. The molecule has 1 rings (SSSR count). The first-order valence-electron chi connectivity index (χ1n) is 4.94. The highest BCUT2D eigenvalue weighted by Crippen LogP contribution is 2.24. The van der Waals surface area contributed by atoms with Crippen molar-refractivity contribution in [3.63, 3.8) is 0 Å². The normalized spacial score (nSPS) is 14.1. The standard InChI is InChI=1S/C11H11F3O4/c1-18-10(16)4-9(15)11(17)5-2-7(13)8(14)3-6(5)12/h2-3,9,11,15,17H,4H2,1H3. The van der Waals surface area contributed by atoms with Crippen LogP contribution in [-0.2, 0) is 9.53 Å². The number of esters is 1. The van der Waals surface area contributed by atoms with Gasteiger partial charge in [-0.3, -0.25) is 4.79 Å². The average Bonchev–Trinajstić information content (AvgIpc) is 2.32. The van der Waals surface area contributed by atoms with Crippen molar-refractivity contribution in [2.75, 3.05) is 7.11 Å². The third-order valence-corrected chi connectivity index (χ3v) is 2.33. The first-order chi connectivity index (χ1) is 8.36. The lowest BCUT2D eigenvalue weighted by Crippen LogP contribution is -2.23.